The summed E-state index contributed by atoms with van der Waals surface area (Å²) in [6.45, 7) is 6.65. The predicted octanol–water partition coefficient (Wildman–Crippen LogP) is 4.59. The molecule has 4 rings (SSSR count). The van der Waals surface area contributed by atoms with Crippen LogP contribution in [0.15, 0.2) is 53.9 Å². The van der Waals surface area contributed by atoms with Crippen LogP contribution in [0, 0.1) is 6.92 Å². The first-order chi connectivity index (χ1) is 11.8. The van der Waals surface area contributed by atoms with Crippen molar-refractivity contribution in [3.63, 3.8) is 0 Å². The molecule has 2 heterocycles. The van der Waals surface area contributed by atoms with Crippen molar-refractivity contribution in [2.45, 2.75) is 19.4 Å². The quantitative estimate of drug-likeness (QED) is 0.752. The van der Waals surface area contributed by atoms with E-state index in [2.05, 4.69) is 71.1 Å². The number of benzene rings is 2. The van der Waals surface area contributed by atoms with Crippen LogP contribution in [0.4, 0.5) is 0 Å². The minimum Gasteiger partial charge on any atom is -0.315 e. The van der Waals surface area contributed by atoms with E-state index in [0.717, 1.165) is 26.2 Å². The van der Waals surface area contributed by atoms with E-state index < -0.39 is 0 Å². The molecule has 0 saturated carbocycles. The molecule has 0 bridgehead atoms. The molecule has 0 aliphatic carbocycles. The molecule has 1 aromatic heterocycles. The van der Waals surface area contributed by atoms with Gasteiger partial charge in [-0.2, -0.15) is 0 Å². The van der Waals surface area contributed by atoms with Gasteiger partial charge >= 0.3 is 0 Å². The summed E-state index contributed by atoms with van der Waals surface area (Å²) in [5, 5.41) is 8.54. The van der Waals surface area contributed by atoms with Crippen LogP contribution in [0.3, 0.4) is 0 Å². The van der Waals surface area contributed by atoms with Crippen molar-refractivity contribution in [2.24, 2.45) is 0 Å². The van der Waals surface area contributed by atoms with E-state index in [1.165, 1.54) is 33.2 Å². The van der Waals surface area contributed by atoms with Crippen molar-refractivity contribution in [1.29, 1.82) is 0 Å². The second kappa shape index (κ2) is 7.06. The zero-order valence-electron chi connectivity index (χ0n) is 14.2. The fourth-order valence-electron chi connectivity index (χ4n) is 3.74. The maximum Gasteiger partial charge on any atom is 0.0702 e. The second-order valence-corrected chi connectivity index (χ2v) is 7.58. The Bertz CT molecular complexity index is 810. The third kappa shape index (κ3) is 3.12. The first kappa shape index (κ1) is 15.8. The van der Waals surface area contributed by atoms with Crippen LogP contribution < -0.4 is 5.32 Å². The summed E-state index contributed by atoms with van der Waals surface area (Å²) in [5.74, 6) is 0. The smallest absolute Gasteiger partial charge is 0.0702 e. The van der Waals surface area contributed by atoms with E-state index in [-0.39, 0.29) is 0 Å². The summed E-state index contributed by atoms with van der Waals surface area (Å²) in [5.41, 5.74) is 2.81. The largest absolute Gasteiger partial charge is 0.315 e. The molecule has 1 aliphatic heterocycles. The highest BCUT2D eigenvalue weighted by Crippen LogP contribution is 2.36. The molecule has 1 N–H and O–H groups in total. The third-order valence-electron chi connectivity index (χ3n) is 4.88. The zero-order chi connectivity index (χ0) is 16.4. The Kier molecular flexibility index (Phi) is 4.65. The minimum absolute atomic E-state index is 0.356. The van der Waals surface area contributed by atoms with Crippen molar-refractivity contribution < 1.29 is 0 Å². The Labute approximate surface area is 148 Å². The number of nitrogens with one attached hydrogen (secondary N) is 1. The Morgan fingerprint density at radius 1 is 1.04 bits per heavy atom. The number of rotatable bonds is 3. The van der Waals surface area contributed by atoms with E-state index in [0.29, 0.717) is 6.04 Å². The molecule has 24 heavy (non-hydrogen) atoms. The molecule has 2 nitrogen and oxygen atoms in total. The van der Waals surface area contributed by atoms with E-state index in [9.17, 15) is 0 Å². The molecule has 1 unspecified atom stereocenters. The average molecular weight is 337 g/mol. The van der Waals surface area contributed by atoms with Gasteiger partial charge in [0.1, 0.15) is 0 Å². The van der Waals surface area contributed by atoms with E-state index in [1.54, 1.807) is 0 Å². The molecule has 2 aromatic carbocycles. The van der Waals surface area contributed by atoms with Crippen LogP contribution in [-0.2, 0) is 0 Å². The number of aryl methyl sites for hydroxylation is 1. The number of hydrogen-bond acceptors (Lipinski definition) is 3. The van der Waals surface area contributed by atoms with Gasteiger partial charge in [-0.25, -0.2) is 0 Å². The lowest BCUT2D eigenvalue weighted by atomic mass is 9.96. The van der Waals surface area contributed by atoms with E-state index in [1.807, 2.05) is 11.3 Å². The molecular formula is C21H24N2S. The fourth-order valence-corrected chi connectivity index (χ4v) is 4.79. The number of thiophene rings is 1. The number of fused-ring (bicyclic) bond motifs is 1. The maximum atomic E-state index is 3.54. The number of hydrogen-bond donors (Lipinski definition) is 1. The molecule has 124 valence electrons. The Morgan fingerprint density at radius 2 is 1.92 bits per heavy atom. The minimum atomic E-state index is 0.356. The summed E-state index contributed by atoms with van der Waals surface area (Å²) in [6.07, 6.45) is 1.21. The lowest BCUT2D eigenvalue weighted by Crippen LogP contribution is -2.32. The highest BCUT2D eigenvalue weighted by molar-refractivity contribution is 7.10. The molecule has 3 heteroatoms. The molecule has 1 aliphatic rings. The van der Waals surface area contributed by atoms with Gasteiger partial charge in [-0.05, 0) is 53.2 Å². The van der Waals surface area contributed by atoms with Crippen LogP contribution in [0.2, 0.25) is 0 Å². The van der Waals surface area contributed by atoms with Crippen LogP contribution in [0.25, 0.3) is 10.8 Å². The SMILES string of the molecule is Cc1csc(C(c2cccc3ccccc23)N2CCCNCC2)c1. The van der Waals surface area contributed by atoms with Gasteiger partial charge in [-0.1, -0.05) is 42.5 Å². The van der Waals surface area contributed by atoms with Gasteiger partial charge in [0, 0.05) is 24.5 Å². The Morgan fingerprint density at radius 3 is 2.79 bits per heavy atom. The van der Waals surface area contributed by atoms with Gasteiger partial charge < -0.3 is 5.32 Å². The summed E-state index contributed by atoms with van der Waals surface area (Å²) >= 11 is 1.90. The molecule has 3 aromatic rings. The topological polar surface area (TPSA) is 15.3 Å². The first-order valence-corrected chi connectivity index (χ1v) is 9.68. The second-order valence-electron chi connectivity index (χ2n) is 6.64. The summed E-state index contributed by atoms with van der Waals surface area (Å²) in [4.78, 5) is 4.12. The summed E-state index contributed by atoms with van der Waals surface area (Å²) in [6, 6.07) is 18.3. The molecule has 0 spiro atoms. The van der Waals surface area contributed by atoms with Crippen molar-refractivity contribution in [1.82, 2.24) is 10.2 Å². The maximum absolute atomic E-state index is 3.54. The highest BCUT2D eigenvalue weighted by atomic mass is 32.1. The van der Waals surface area contributed by atoms with Gasteiger partial charge in [0.05, 0.1) is 6.04 Å². The van der Waals surface area contributed by atoms with Crippen molar-refractivity contribution in [3.8, 4) is 0 Å². The molecule has 1 fully saturated rings. The van der Waals surface area contributed by atoms with Crippen LogP contribution in [-0.4, -0.2) is 31.1 Å². The van der Waals surface area contributed by atoms with Crippen LogP contribution in [0.1, 0.15) is 28.5 Å². The van der Waals surface area contributed by atoms with Crippen molar-refractivity contribution >= 4 is 22.1 Å². The summed E-state index contributed by atoms with van der Waals surface area (Å²) in [7, 11) is 0. The van der Waals surface area contributed by atoms with Crippen LogP contribution in [0.5, 0.6) is 0 Å². The predicted molar refractivity (Wildman–Crippen MR) is 104 cm³/mol. The van der Waals surface area contributed by atoms with Crippen LogP contribution >= 0.6 is 11.3 Å². The summed E-state index contributed by atoms with van der Waals surface area (Å²) < 4.78 is 0. The first-order valence-electron chi connectivity index (χ1n) is 8.80. The van der Waals surface area contributed by atoms with E-state index in [4.69, 9.17) is 0 Å². The van der Waals surface area contributed by atoms with Gasteiger partial charge in [-0.3, -0.25) is 4.90 Å². The third-order valence-corrected chi connectivity index (χ3v) is 5.98. The van der Waals surface area contributed by atoms with Gasteiger partial charge in [0.2, 0.25) is 0 Å². The van der Waals surface area contributed by atoms with Gasteiger partial charge in [0.15, 0.2) is 0 Å². The zero-order valence-corrected chi connectivity index (χ0v) is 15.0. The molecule has 1 atom stereocenters. The monoisotopic (exact) mass is 336 g/mol. The standard InChI is InChI=1S/C21H24N2S/c1-16-14-20(24-15-16)21(23-12-5-10-22-11-13-23)19-9-4-7-17-6-2-3-8-18(17)19/h2-4,6-9,14-15,21-22H,5,10-13H2,1H3. The van der Waals surface area contributed by atoms with Gasteiger partial charge in [0.25, 0.3) is 0 Å². The Hall–Kier alpha value is -1.68. The van der Waals surface area contributed by atoms with Crippen molar-refractivity contribution in [3.05, 3.63) is 69.9 Å². The lowest BCUT2D eigenvalue weighted by molar-refractivity contribution is 0.245. The highest BCUT2D eigenvalue weighted by Gasteiger charge is 2.25. The Balaban J connectivity index is 1.84. The van der Waals surface area contributed by atoms with Crippen molar-refractivity contribution in [2.75, 3.05) is 26.2 Å². The molecular weight excluding hydrogens is 312 g/mol. The molecule has 0 amide bonds. The lowest BCUT2D eigenvalue weighted by Gasteiger charge is -2.31. The molecule has 1 saturated heterocycles. The number of nitrogens with zero attached hydrogens (tertiary/aromatic N) is 1. The fraction of sp³-hybridized carbons (Fsp3) is 0.333. The van der Waals surface area contributed by atoms with E-state index >= 15 is 0 Å². The molecule has 0 radical (unpaired) electrons. The normalized spacial score (nSPS) is 17.7. The van der Waals surface area contributed by atoms with Gasteiger partial charge in [-0.15, -0.1) is 11.3 Å². The average Bonchev–Trinajstić information content (AvgIpc) is 2.86.